The molecule has 35 heavy (non-hydrogen) atoms. The van der Waals surface area contributed by atoms with E-state index in [0.717, 1.165) is 39.1 Å². The number of ether oxygens (including phenoxy) is 1. The first-order valence-corrected chi connectivity index (χ1v) is 13.4. The van der Waals surface area contributed by atoms with Gasteiger partial charge in [0, 0.05) is 45.8 Å². The van der Waals surface area contributed by atoms with Crippen LogP contribution in [0, 0.1) is 5.92 Å². The molecule has 12 heteroatoms. The lowest BCUT2D eigenvalue weighted by Gasteiger charge is -2.45. The van der Waals surface area contributed by atoms with E-state index in [2.05, 4.69) is 31.2 Å². The molecule has 5 heterocycles. The molecule has 7 unspecified atom stereocenters. The van der Waals surface area contributed by atoms with E-state index in [9.17, 15) is 9.18 Å². The second-order valence-electron chi connectivity index (χ2n) is 10.7. The number of amides is 1. The molecule has 0 spiro atoms. The maximum Gasteiger partial charge on any atom is 0.229 e. The van der Waals surface area contributed by atoms with Gasteiger partial charge in [-0.2, -0.15) is 0 Å². The van der Waals surface area contributed by atoms with E-state index in [1.807, 2.05) is 0 Å². The summed E-state index contributed by atoms with van der Waals surface area (Å²) in [5.41, 5.74) is 9.20. The number of alkyl halides is 2. The predicted octanol–water partition coefficient (Wildman–Crippen LogP) is -1.65. The van der Waals surface area contributed by atoms with E-state index in [1.165, 1.54) is 25.9 Å². The number of rotatable bonds is 7. The van der Waals surface area contributed by atoms with Gasteiger partial charge in [0.05, 0.1) is 43.0 Å². The number of nitrogens with zero attached hydrogens (tertiary/aromatic N) is 3. The molecule has 5 aliphatic heterocycles. The zero-order valence-electron chi connectivity index (χ0n) is 20.5. The highest BCUT2D eigenvalue weighted by atomic mass is 19.1. The molecular formula is C23H42F2N8O2. The van der Waals surface area contributed by atoms with Crippen molar-refractivity contribution in [2.24, 2.45) is 11.7 Å². The Hall–Kier alpha value is -0.990. The Morgan fingerprint density at radius 2 is 1.86 bits per heavy atom. The maximum absolute atomic E-state index is 15.2. The van der Waals surface area contributed by atoms with Crippen molar-refractivity contribution in [1.82, 2.24) is 36.2 Å². The molecule has 5 fully saturated rings. The van der Waals surface area contributed by atoms with Crippen LogP contribution >= 0.6 is 0 Å². The summed E-state index contributed by atoms with van der Waals surface area (Å²) >= 11 is 0. The standard InChI is InChI=1S/C23H42F2N8O2/c24-15-11-28-22-19(21(26)30-33(22)14-15)23(34)29-18-13-27-12-17(25)20(18)32-7-3-16(4-8-32)35-10-9-31-5-1-2-6-31/h15-22,27-28,30H,1-14,26H2,(H,29,34). The largest absolute Gasteiger partial charge is 0.377 e. The van der Waals surface area contributed by atoms with Crippen molar-refractivity contribution in [3.8, 4) is 0 Å². The topological polar surface area (TPSA) is 110 Å². The van der Waals surface area contributed by atoms with Crippen molar-refractivity contribution in [3.63, 3.8) is 0 Å². The molecule has 5 saturated heterocycles. The molecule has 5 aliphatic rings. The number of halogens is 2. The van der Waals surface area contributed by atoms with Gasteiger partial charge in [-0.1, -0.05) is 0 Å². The van der Waals surface area contributed by atoms with Crippen LogP contribution in [-0.2, 0) is 9.53 Å². The van der Waals surface area contributed by atoms with Crippen LogP contribution in [0.5, 0.6) is 0 Å². The Kier molecular flexibility index (Phi) is 8.50. The normalized spacial score (nSPS) is 40.1. The molecule has 200 valence electrons. The Morgan fingerprint density at radius 1 is 1.09 bits per heavy atom. The van der Waals surface area contributed by atoms with Gasteiger partial charge in [0.2, 0.25) is 5.91 Å². The number of carbonyl (C=O) groups is 1. The third kappa shape index (κ3) is 5.96. The van der Waals surface area contributed by atoms with Crippen LogP contribution in [0.1, 0.15) is 25.7 Å². The summed E-state index contributed by atoms with van der Waals surface area (Å²) < 4.78 is 35.1. The van der Waals surface area contributed by atoms with Gasteiger partial charge < -0.3 is 26.0 Å². The molecule has 7 atom stereocenters. The second-order valence-corrected chi connectivity index (χ2v) is 10.7. The third-order valence-corrected chi connectivity index (χ3v) is 8.30. The van der Waals surface area contributed by atoms with E-state index in [0.29, 0.717) is 6.54 Å². The molecule has 1 amide bonds. The quantitative estimate of drug-likeness (QED) is 0.281. The SMILES string of the molecule is NC1NN2CC(F)CNC2C1C(=O)NC1CNCC(F)C1N1CCC(OCCN2CCCC2)CC1. The van der Waals surface area contributed by atoms with Crippen LogP contribution in [0.4, 0.5) is 8.78 Å². The third-order valence-electron chi connectivity index (χ3n) is 8.30. The fourth-order valence-electron chi connectivity index (χ4n) is 6.44. The molecule has 10 nitrogen and oxygen atoms in total. The molecule has 0 aromatic heterocycles. The molecule has 0 bridgehead atoms. The van der Waals surface area contributed by atoms with Gasteiger partial charge >= 0.3 is 0 Å². The summed E-state index contributed by atoms with van der Waals surface area (Å²) in [6.07, 6.45) is 1.45. The van der Waals surface area contributed by atoms with E-state index >= 15 is 4.39 Å². The second kappa shape index (κ2) is 11.6. The van der Waals surface area contributed by atoms with Crippen LogP contribution in [0.25, 0.3) is 0 Å². The molecular weight excluding hydrogens is 458 g/mol. The smallest absolute Gasteiger partial charge is 0.229 e. The van der Waals surface area contributed by atoms with E-state index in [4.69, 9.17) is 10.5 Å². The number of likely N-dealkylation sites (tertiary alicyclic amines) is 2. The van der Waals surface area contributed by atoms with Crippen molar-refractivity contribution in [3.05, 3.63) is 0 Å². The Morgan fingerprint density at radius 3 is 2.63 bits per heavy atom. The molecule has 0 radical (unpaired) electrons. The molecule has 6 N–H and O–H groups in total. The van der Waals surface area contributed by atoms with Crippen molar-refractivity contribution in [2.75, 3.05) is 65.5 Å². The highest BCUT2D eigenvalue weighted by Gasteiger charge is 2.48. The summed E-state index contributed by atoms with van der Waals surface area (Å²) in [6, 6.07) is -0.750. The van der Waals surface area contributed by atoms with Gasteiger partial charge in [-0.25, -0.2) is 19.2 Å². The fourth-order valence-corrected chi connectivity index (χ4v) is 6.44. The van der Waals surface area contributed by atoms with E-state index in [-0.39, 0.29) is 49.9 Å². The summed E-state index contributed by atoms with van der Waals surface area (Å²) in [6.45, 7) is 6.78. The van der Waals surface area contributed by atoms with Crippen molar-refractivity contribution >= 4 is 5.91 Å². The maximum atomic E-state index is 15.2. The van der Waals surface area contributed by atoms with Gasteiger partial charge in [0.15, 0.2) is 0 Å². The number of hydrogen-bond donors (Lipinski definition) is 5. The monoisotopic (exact) mass is 500 g/mol. The first kappa shape index (κ1) is 25.7. The Balaban J connectivity index is 1.13. The van der Waals surface area contributed by atoms with Crippen LogP contribution in [0.15, 0.2) is 0 Å². The zero-order valence-corrected chi connectivity index (χ0v) is 20.5. The fraction of sp³-hybridized carbons (Fsp3) is 0.957. The minimum absolute atomic E-state index is 0.185. The minimum Gasteiger partial charge on any atom is -0.377 e. The number of nitrogens with one attached hydrogen (secondary N) is 4. The first-order valence-electron chi connectivity index (χ1n) is 13.4. The van der Waals surface area contributed by atoms with Gasteiger partial charge in [-0.15, -0.1) is 0 Å². The molecule has 0 aliphatic carbocycles. The average molecular weight is 501 g/mol. The molecule has 5 rings (SSSR count). The number of carbonyl (C=O) groups excluding carboxylic acids is 1. The van der Waals surface area contributed by atoms with E-state index < -0.39 is 24.4 Å². The van der Waals surface area contributed by atoms with Crippen molar-refractivity contribution in [1.29, 1.82) is 0 Å². The number of fused-ring (bicyclic) bond motifs is 1. The first-order chi connectivity index (χ1) is 17.0. The van der Waals surface area contributed by atoms with Crippen molar-refractivity contribution in [2.45, 2.75) is 68.5 Å². The highest BCUT2D eigenvalue weighted by Crippen LogP contribution is 2.25. The summed E-state index contributed by atoms with van der Waals surface area (Å²) in [5.74, 6) is -0.814. The number of nitrogens with two attached hydrogens (primary N) is 1. The zero-order chi connectivity index (χ0) is 24.4. The number of hydrogen-bond acceptors (Lipinski definition) is 9. The number of piperidine rings is 2. The van der Waals surface area contributed by atoms with Gasteiger partial charge in [0.1, 0.15) is 12.3 Å². The average Bonchev–Trinajstić information content (AvgIpc) is 3.46. The van der Waals surface area contributed by atoms with Crippen LogP contribution in [0.2, 0.25) is 0 Å². The molecule has 0 aromatic carbocycles. The number of hydrazine groups is 1. The summed E-state index contributed by atoms with van der Waals surface area (Å²) in [7, 11) is 0. The molecule has 0 saturated carbocycles. The predicted molar refractivity (Wildman–Crippen MR) is 128 cm³/mol. The Bertz CT molecular complexity index is 709. The van der Waals surface area contributed by atoms with Gasteiger partial charge in [-0.05, 0) is 38.8 Å². The lowest BCUT2D eigenvalue weighted by Crippen LogP contribution is -2.67. The van der Waals surface area contributed by atoms with Crippen LogP contribution in [-0.4, -0.2) is 129 Å². The van der Waals surface area contributed by atoms with Gasteiger partial charge in [0.25, 0.3) is 0 Å². The summed E-state index contributed by atoms with van der Waals surface area (Å²) in [5, 5.41) is 11.0. The van der Waals surface area contributed by atoms with E-state index in [1.54, 1.807) is 5.01 Å². The van der Waals surface area contributed by atoms with Crippen LogP contribution < -0.4 is 27.1 Å². The lowest BCUT2D eigenvalue weighted by atomic mass is 9.93. The lowest BCUT2D eigenvalue weighted by molar-refractivity contribution is -0.128. The van der Waals surface area contributed by atoms with Gasteiger partial charge in [-0.3, -0.25) is 15.0 Å². The molecule has 0 aromatic rings. The highest BCUT2D eigenvalue weighted by molar-refractivity contribution is 5.81. The minimum atomic E-state index is -1.08. The van der Waals surface area contributed by atoms with Crippen LogP contribution in [0.3, 0.4) is 0 Å². The summed E-state index contributed by atoms with van der Waals surface area (Å²) in [4.78, 5) is 17.9. The van der Waals surface area contributed by atoms with Crippen molar-refractivity contribution < 1.29 is 18.3 Å². The Labute approximate surface area is 206 Å².